The molecule has 0 aromatic carbocycles. The molecule has 1 aliphatic rings. The molecule has 2 aromatic rings. The predicted octanol–water partition coefficient (Wildman–Crippen LogP) is 1.02. The number of anilines is 1. The highest BCUT2D eigenvalue weighted by Gasteiger charge is 2.19. The Hall–Kier alpha value is -2.08. The number of aromatic nitrogens is 2. The van der Waals surface area contributed by atoms with Crippen molar-refractivity contribution in [1.82, 2.24) is 9.61 Å². The normalized spacial score (nSPS) is 16.6. The SMILES string of the molecule is NC(=O)c1cnn2cccc2c1NC1CCOCC1. The summed E-state index contributed by atoms with van der Waals surface area (Å²) in [5.41, 5.74) is 7.48. The van der Waals surface area contributed by atoms with Gasteiger partial charge >= 0.3 is 0 Å². The summed E-state index contributed by atoms with van der Waals surface area (Å²) in [6, 6.07) is 4.11. The molecule has 6 nitrogen and oxygen atoms in total. The van der Waals surface area contributed by atoms with Gasteiger partial charge in [0.25, 0.3) is 5.91 Å². The number of fused-ring (bicyclic) bond motifs is 1. The van der Waals surface area contributed by atoms with E-state index < -0.39 is 5.91 Å². The number of ether oxygens (including phenoxy) is 1. The molecule has 1 aliphatic heterocycles. The van der Waals surface area contributed by atoms with E-state index in [4.69, 9.17) is 10.5 Å². The molecule has 0 saturated carbocycles. The predicted molar refractivity (Wildman–Crippen MR) is 71.2 cm³/mol. The van der Waals surface area contributed by atoms with Gasteiger partial charge in [-0.3, -0.25) is 4.79 Å². The van der Waals surface area contributed by atoms with Gasteiger partial charge in [-0.25, -0.2) is 4.52 Å². The van der Waals surface area contributed by atoms with Gasteiger partial charge in [-0.2, -0.15) is 5.10 Å². The van der Waals surface area contributed by atoms with Crippen LogP contribution in [-0.4, -0.2) is 34.8 Å². The molecule has 3 rings (SSSR count). The van der Waals surface area contributed by atoms with Gasteiger partial charge in [-0.1, -0.05) is 0 Å². The van der Waals surface area contributed by atoms with Crippen molar-refractivity contribution in [1.29, 1.82) is 0 Å². The van der Waals surface area contributed by atoms with Crippen molar-refractivity contribution in [2.75, 3.05) is 18.5 Å². The van der Waals surface area contributed by atoms with E-state index in [1.165, 1.54) is 6.20 Å². The number of nitrogens with zero attached hydrogens (tertiary/aromatic N) is 2. The van der Waals surface area contributed by atoms with Crippen LogP contribution in [-0.2, 0) is 4.74 Å². The van der Waals surface area contributed by atoms with E-state index in [0.717, 1.165) is 37.3 Å². The molecule has 0 atom stereocenters. The minimum atomic E-state index is -0.467. The van der Waals surface area contributed by atoms with Crippen LogP contribution in [0.5, 0.6) is 0 Å². The summed E-state index contributed by atoms with van der Waals surface area (Å²) < 4.78 is 7.07. The summed E-state index contributed by atoms with van der Waals surface area (Å²) in [4.78, 5) is 11.5. The smallest absolute Gasteiger partial charge is 0.252 e. The van der Waals surface area contributed by atoms with E-state index in [-0.39, 0.29) is 0 Å². The Balaban J connectivity index is 2.00. The Bertz CT molecular complexity index is 602. The van der Waals surface area contributed by atoms with Crippen molar-refractivity contribution in [3.05, 3.63) is 30.1 Å². The van der Waals surface area contributed by atoms with E-state index in [1.807, 2.05) is 18.3 Å². The van der Waals surface area contributed by atoms with Crippen molar-refractivity contribution < 1.29 is 9.53 Å². The summed E-state index contributed by atoms with van der Waals surface area (Å²) in [6.07, 6.45) is 5.20. The van der Waals surface area contributed by atoms with Gasteiger partial charge in [-0.15, -0.1) is 0 Å². The van der Waals surface area contributed by atoms with Crippen LogP contribution in [0.25, 0.3) is 5.52 Å². The summed E-state index contributed by atoms with van der Waals surface area (Å²) in [5, 5.41) is 7.59. The fourth-order valence-corrected chi connectivity index (χ4v) is 2.38. The molecule has 100 valence electrons. The molecular weight excluding hydrogens is 244 g/mol. The molecule has 19 heavy (non-hydrogen) atoms. The fourth-order valence-electron chi connectivity index (χ4n) is 2.38. The number of carbonyl (C=O) groups is 1. The average Bonchev–Trinajstić information content (AvgIpc) is 2.88. The summed E-state index contributed by atoms with van der Waals surface area (Å²) in [5.74, 6) is -0.467. The first-order chi connectivity index (χ1) is 9.25. The van der Waals surface area contributed by atoms with Crippen LogP contribution in [0.3, 0.4) is 0 Å². The lowest BCUT2D eigenvalue weighted by Gasteiger charge is -2.25. The molecule has 0 radical (unpaired) electrons. The number of nitrogens with two attached hydrogens (primary N) is 1. The summed E-state index contributed by atoms with van der Waals surface area (Å²) in [7, 11) is 0. The van der Waals surface area contributed by atoms with E-state index in [0.29, 0.717) is 11.6 Å². The van der Waals surface area contributed by atoms with Crippen molar-refractivity contribution in [2.24, 2.45) is 5.73 Å². The van der Waals surface area contributed by atoms with Crippen LogP contribution in [0.2, 0.25) is 0 Å². The minimum Gasteiger partial charge on any atom is -0.381 e. The Morgan fingerprint density at radius 3 is 3.00 bits per heavy atom. The van der Waals surface area contributed by atoms with Crippen molar-refractivity contribution in [3.8, 4) is 0 Å². The van der Waals surface area contributed by atoms with Gasteiger partial charge in [0, 0.05) is 25.5 Å². The highest BCUT2D eigenvalue weighted by atomic mass is 16.5. The van der Waals surface area contributed by atoms with Gasteiger partial charge in [0.2, 0.25) is 0 Å². The number of amides is 1. The topological polar surface area (TPSA) is 81.7 Å². The molecule has 2 aromatic heterocycles. The fraction of sp³-hybridized carbons (Fsp3) is 0.385. The minimum absolute atomic E-state index is 0.299. The second-order valence-electron chi connectivity index (χ2n) is 4.67. The number of hydrogen-bond donors (Lipinski definition) is 2. The maximum atomic E-state index is 11.5. The largest absolute Gasteiger partial charge is 0.381 e. The first-order valence-corrected chi connectivity index (χ1v) is 6.36. The molecule has 3 heterocycles. The van der Waals surface area contributed by atoms with Gasteiger partial charge in [0.1, 0.15) is 0 Å². The number of hydrogen-bond acceptors (Lipinski definition) is 4. The highest BCUT2D eigenvalue weighted by Crippen LogP contribution is 2.24. The third-order valence-electron chi connectivity index (χ3n) is 3.40. The molecule has 0 unspecified atom stereocenters. The second-order valence-corrected chi connectivity index (χ2v) is 4.67. The molecule has 0 aliphatic carbocycles. The monoisotopic (exact) mass is 260 g/mol. The lowest BCUT2D eigenvalue weighted by Crippen LogP contribution is -2.29. The number of primary amides is 1. The van der Waals surface area contributed by atoms with Gasteiger partial charge in [-0.05, 0) is 25.0 Å². The zero-order chi connectivity index (χ0) is 13.2. The Morgan fingerprint density at radius 2 is 2.26 bits per heavy atom. The maximum absolute atomic E-state index is 11.5. The molecule has 0 bridgehead atoms. The first-order valence-electron chi connectivity index (χ1n) is 6.36. The van der Waals surface area contributed by atoms with E-state index in [2.05, 4.69) is 10.4 Å². The Morgan fingerprint density at radius 1 is 1.47 bits per heavy atom. The first kappa shape index (κ1) is 12.0. The standard InChI is InChI=1S/C13H16N4O2/c14-13(18)10-8-15-17-5-1-2-11(17)12(10)16-9-3-6-19-7-4-9/h1-2,5,8-9,16H,3-4,6-7H2,(H2,14,18). The molecule has 3 N–H and O–H groups in total. The third-order valence-corrected chi connectivity index (χ3v) is 3.40. The Labute approximate surface area is 110 Å². The molecule has 6 heteroatoms. The van der Waals surface area contributed by atoms with Crippen LogP contribution in [0.1, 0.15) is 23.2 Å². The molecule has 1 fully saturated rings. The lowest BCUT2D eigenvalue weighted by molar-refractivity contribution is 0.0904. The van der Waals surface area contributed by atoms with Gasteiger partial charge in [0.05, 0.1) is 23.0 Å². The number of nitrogens with one attached hydrogen (secondary N) is 1. The second kappa shape index (κ2) is 4.89. The summed E-state index contributed by atoms with van der Waals surface area (Å²) in [6.45, 7) is 1.48. The average molecular weight is 260 g/mol. The Kier molecular flexibility index (Phi) is 3.08. The molecule has 1 amide bonds. The molecule has 0 spiro atoms. The van der Waals surface area contributed by atoms with Crippen LogP contribution in [0, 0.1) is 0 Å². The van der Waals surface area contributed by atoms with E-state index >= 15 is 0 Å². The van der Waals surface area contributed by atoms with Crippen molar-refractivity contribution in [2.45, 2.75) is 18.9 Å². The van der Waals surface area contributed by atoms with Crippen molar-refractivity contribution in [3.63, 3.8) is 0 Å². The van der Waals surface area contributed by atoms with E-state index in [1.54, 1.807) is 4.52 Å². The zero-order valence-electron chi connectivity index (χ0n) is 10.5. The van der Waals surface area contributed by atoms with E-state index in [9.17, 15) is 4.79 Å². The molecule has 1 saturated heterocycles. The zero-order valence-corrected chi connectivity index (χ0v) is 10.5. The van der Waals surface area contributed by atoms with Crippen LogP contribution < -0.4 is 11.1 Å². The number of rotatable bonds is 3. The van der Waals surface area contributed by atoms with Crippen LogP contribution >= 0.6 is 0 Å². The van der Waals surface area contributed by atoms with Crippen LogP contribution in [0.4, 0.5) is 5.69 Å². The maximum Gasteiger partial charge on any atom is 0.252 e. The highest BCUT2D eigenvalue weighted by molar-refractivity contribution is 6.01. The quantitative estimate of drug-likeness (QED) is 0.863. The lowest BCUT2D eigenvalue weighted by atomic mass is 10.1. The third kappa shape index (κ3) is 2.26. The molecular formula is C13H16N4O2. The van der Waals surface area contributed by atoms with Crippen LogP contribution in [0.15, 0.2) is 24.5 Å². The summed E-state index contributed by atoms with van der Waals surface area (Å²) >= 11 is 0. The van der Waals surface area contributed by atoms with Gasteiger partial charge in [0.15, 0.2) is 0 Å². The van der Waals surface area contributed by atoms with Gasteiger partial charge < -0.3 is 15.8 Å². The number of carbonyl (C=O) groups excluding carboxylic acids is 1. The van der Waals surface area contributed by atoms with Crippen molar-refractivity contribution >= 4 is 17.1 Å².